The summed E-state index contributed by atoms with van der Waals surface area (Å²) in [7, 11) is 0. The third kappa shape index (κ3) is 2.89. The zero-order valence-corrected chi connectivity index (χ0v) is 17.3. The maximum absolute atomic E-state index is 6.35. The van der Waals surface area contributed by atoms with Gasteiger partial charge in [0.1, 0.15) is 11.2 Å². The first kappa shape index (κ1) is 18.1. The fourth-order valence-corrected chi connectivity index (χ4v) is 4.28. The molecule has 10 heteroatoms. The van der Waals surface area contributed by atoms with Crippen molar-refractivity contribution in [1.29, 1.82) is 0 Å². The minimum Gasteiger partial charge on any atom is -0.403 e. The normalized spacial score (nSPS) is 16.1. The molecule has 5 aromatic heterocycles. The van der Waals surface area contributed by atoms with Crippen LogP contribution in [0.15, 0.2) is 53.3 Å². The third-order valence-electron chi connectivity index (χ3n) is 5.56. The van der Waals surface area contributed by atoms with Crippen LogP contribution in [0.25, 0.3) is 17.0 Å². The van der Waals surface area contributed by atoms with Crippen LogP contribution in [0.1, 0.15) is 28.8 Å². The van der Waals surface area contributed by atoms with Crippen molar-refractivity contribution >= 4 is 23.1 Å². The molecule has 0 fully saturated rings. The number of fused-ring (bicyclic) bond motifs is 2. The highest BCUT2D eigenvalue weighted by Crippen LogP contribution is 2.37. The van der Waals surface area contributed by atoms with Gasteiger partial charge in [0.25, 0.3) is 5.89 Å². The number of halogens is 1. The number of aromatic nitrogens is 7. The highest BCUT2D eigenvalue weighted by Gasteiger charge is 2.36. The van der Waals surface area contributed by atoms with Crippen molar-refractivity contribution in [2.24, 2.45) is 0 Å². The molecule has 6 heterocycles. The molecule has 0 amide bonds. The smallest absolute Gasteiger partial charge is 0.319 e. The van der Waals surface area contributed by atoms with Crippen LogP contribution in [0, 0.1) is 6.92 Å². The molecular weight excluding hydrogens is 416 g/mol. The van der Waals surface area contributed by atoms with Crippen LogP contribution < -0.4 is 4.90 Å². The van der Waals surface area contributed by atoms with E-state index in [2.05, 4.69) is 25.1 Å². The Balaban J connectivity index is 1.46. The topological polar surface area (TPSA) is 101 Å². The van der Waals surface area contributed by atoms with Gasteiger partial charge in [-0.1, -0.05) is 22.8 Å². The highest BCUT2D eigenvalue weighted by molar-refractivity contribution is 6.29. The lowest BCUT2D eigenvalue weighted by Crippen LogP contribution is -2.36. The first-order valence-electron chi connectivity index (χ1n) is 9.87. The Morgan fingerprint density at radius 3 is 2.97 bits per heavy atom. The fourth-order valence-electron chi connectivity index (χ4n) is 4.07. The Hall–Kier alpha value is -3.72. The van der Waals surface area contributed by atoms with Gasteiger partial charge >= 0.3 is 6.01 Å². The molecule has 0 aromatic carbocycles. The molecule has 9 nitrogen and oxygen atoms in total. The van der Waals surface area contributed by atoms with Crippen molar-refractivity contribution in [2.45, 2.75) is 19.4 Å². The van der Waals surface area contributed by atoms with Crippen molar-refractivity contribution < 1.29 is 4.42 Å². The molecular formula is C21H17ClN8O. The maximum atomic E-state index is 6.35. The van der Waals surface area contributed by atoms with Crippen molar-refractivity contribution in [3.05, 3.63) is 76.9 Å². The van der Waals surface area contributed by atoms with Crippen LogP contribution in [0.3, 0.4) is 0 Å². The molecule has 0 saturated carbocycles. The SMILES string of the molecule is Cc1ncccc1-c1nnc(N2CCc3[nH]cnc3C2c2cc3cccc(Cl)n3n2)o1. The monoisotopic (exact) mass is 432 g/mol. The Morgan fingerprint density at radius 2 is 2.10 bits per heavy atom. The number of hydrogen-bond donors (Lipinski definition) is 1. The van der Waals surface area contributed by atoms with E-state index in [0.717, 1.165) is 40.3 Å². The number of imidazole rings is 1. The van der Waals surface area contributed by atoms with E-state index >= 15 is 0 Å². The van der Waals surface area contributed by atoms with Gasteiger partial charge in [0, 0.05) is 30.6 Å². The lowest BCUT2D eigenvalue weighted by atomic mass is 10.0. The molecule has 31 heavy (non-hydrogen) atoms. The average Bonchev–Trinajstić information content (AvgIpc) is 3.52. The van der Waals surface area contributed by atoms with E-state index in [1.165, 1.54) is 0 Å². The molecule has 0 radical (unpaired) electrons. The van der Waals surface area contributed by atoms with Gasteiger partial charge in [-0.15, -0.1) is 5.10 Å². The second-order valence-corrected chi connectivity index (χ2v) is 7.78. The van der Waals surface area contributed by atoms with E-state index in [1.807, 2.05) is 48.2 Å². The quantitative estimate of drug-likeness (QED) is 0.434. The fraction of sp³-hybridized carbons (Fsp3) is 0.190. The van der Waals surface area contributed by atoms with Crippen LogP contribution in [0.2, 0.25) is 5.15 Å². The average molecular weight is 433 g/mol. The Morgan fingerprint density at radius 1 is 1.16 bits per heavy atom. The lowest BCUT2D eigenvalue weighted by Gasteiger charge is -2.32. The van der Waals surface area contributed by atoms with Crippen LogP contribution in [0.4, 0.5) is 6.01 Å². The van der Waals surface area contributed by atoms with Crippen molar-refractivity contribution in [1.82, 2.24) is 34.8 Å². The van der Waals surface area contributed by atoms with Crippen molar-refractivity contribution in [3.8, 4) is 11.5 Å². The van der Waals surface area contributed by atoms with E-state index in [0.29, 0.717) is 23.6 Å². The summed E-state index contributed by atoms with van der Waals surface area (Å²) in [4.78, 5) is 14.2. The summed E-state index contributed by atoms with van der Waals surface area (Å²) in [6.07, 6.45) is 4.23. The number of hydrogen-bond acceptors (Lipinski definition) is 7. The Kier molecular flexibility index (Phi) is 4.03. The second kappa shape index (κ2) is 6.92. The van der Waals surface area contributed by atoms with Crippen LogP contribution in [-0.4, -0.2) is 41.3 Å². The molecule has 0 spiro atoms. The van der Waals surface area contributed by atoms with Gasteiger partial charge in [-0.3, -0.25) is 4.98 Å². The van der Waals surface area contributed by atoms with Gasteiger partial charge in [0.05, 0.1) is 28.8 Å². The molecule has 154 valence electrons. The first-order valence-corrected chi connectivity index (χ1v) is 10.3. The number of pyridine rings is 2. The summed E-state index contributed by atoms with van der Waals surface area (Å²) in [5, 5.41) is 13.9. The second-order valence-electron chi connectivity index (χ2n) is 7.39. The zero-order valence-electron chi connectivity index (χ0n) is 16.5. The molecule has 1 atom stereocenters. The van der Waals surface area contributed by atoms with Gasteiger partial charge in [-0.2, -0.15) is 5.10 Å². The van der Waals surface area contributed by atoms with Gasteiger partial charge in [0.15, 0.2) is 0 Å². The molecule has 1 unspecified atom stereocenters. The van der Waals surface area contributed by atoms with Crippen molar-refractivity contribution in [2.75, 3.05) is 11.4 Å². The minimum atomic E-state index is -0.283. The largest absolute Gasteiger partial charge is 0.403 e. The standard InChI is InChI=1S/C21H17ClN8O/c1-12-14(5-3-8-23-12)20-26-27-21(31-20)29-9-7-15-18(25-11-24-15)19(29)16-10-13-4-2-6-17(22)30(13)28-16/h2-6,8,10-11,19H,7,9H2,1H3,(H,24,25). The molecule has 0 saturated heterocycles. The summed E-state index contributed by atoms with van der Waals surface area (Å²) in [6.45, 7) is 2.59. The molecule has 6 rings (SSSR count). The van der Waals surface area contributed by atoms with Gasteiger partial charge in [-0.25, -0.2) is 9.50 Å². The number of rotatable bonds is 3. The molecule has 0 bridgehead atoms. The molecule has 5 aromatic rings. The van der Waals surface area contributed by atoms with Gasteiger partial charge < -0.3 is 14.3 Å². The minimum absolute atomic E-state index is 0.283. The summed E-state index contributed by atoms with van der Waals surface area (Å²) >= 11 is 6.35. The first-order chi connectivity index (χ1) is 15.2. The predicted molar refractivity (Wildman–Crippen MR) is 114 cm³/mol. The summed E-state index contributed by atoms with van der Waals surface area (Å²) in [5.74, 6) is 0.435. The molecule has 1 aliphatic heterocycles. The lowest BCUT2D eigenvalue weighted by molar-refractivity contribution is 0.503. The van der Waals surface area contributed by atoms with E-state index in [9.17, 15) is 0 Å². The Bertz CT molecular complexity index is 1400. The predicted octanol–water partition coefficient (Wildman–Crippen LogP) is 3.62. The van der Waals surface area contributed by atoms with Gasteiger partial charge in [0.2, 0.25) is 0 Å². The summed E-state index contributed by atoms with van der Waals surface area (Å²) in [6, 6.07) is 11.6. The highest BCUT2D eigenvalue weighted by atomic mass is 35.5. The number of nitrogens with zero attached hydrogens (tertiary/aromatic N) is 7. The van der Waals surface area contributed by atoms with Crippen molar-refractivity contribution in [3.63, 3.8) is 0 Å². The molecule has 0 aliphatic carbocycles. The molecule has 1 aliphatic rings. The zero-order chi connectivity index (χ0) is 20.9. The van der Waals surface area contributed by atoms with Gasteiger partial charge in [-0.05, 0) is 37.3 Å². The Labute approximate surface area is 181 Å². The number of aryl methyl sites for hydroxylation is 1. The van der Waals surface area contributed by atoms with Crippen LogP contribution in [0.5, 0.6) is 0 Å². The maximum Gasteiger partial charge on any atom is 0.319 e. The third-order valence-corrected chi connectivity index (χ3v) is 5.85. The molecule has 1 N–H and O–H groups in total. The summed E-state index contributed by atoms with van der Waals surface area (Å²) in [5.41, 5.74) is 5.32. The number of anilines is 1. The number of H-pyrrole nitrogens is 1. The number of nitrogens with one attached hydrogen (secondary N) is 1. The summed E-state index contributed by atoms with van der Waals surface area (Å²) < 4.78 is 7.81. The van der Waals surface area contributed by atoms with Crippen LogP contribution in [-0.2, 0) is 6.42 Å². The van der Waals surface area contributed by atoms with Crippen LogP contribution >= 0.6 is 11.6 Å². The van der Waals surface area contributed by atoms with E-state index in [-0.39, 0.29) is 6.04 Å². The van der Waals surface area contributed by atoms with E-state index in [1.54, 1.807) is 17.0 Å². The number of aromatic amines is 1. The van der Waals surface area contributed by atoms with E-state index < -0.39 is 0 Å². The van der Waals surface area contributed by atoms with E-state index in [4.69, 9.17) is 21.1 Å².